The van der Waals surface area contributed by atoms with Crippen molar-refractivity contribution in [3.05, 3.63) is 17.3 Å². The van der Waals surface area contributed by atoms with Gasteiger partial charge in [-0.2, -0.15) is 4.98 Å². The molecule has 0 bridgehead atoms. The minimum atomic E-state index is 0.0772. The molecule has 0 fully saturated rings. The number of unbranched alkanes of at least 4 members (excludes halogenated alkanes) is 1. The number of nitrogens with zero attached hydrogens (tertiary/aromatic N) is 3. The quantitative estimate of drug-likeness (QED) is 0.761. The predicted octanol–water partition coefficient (Wildman–Crippen LogP) is 2.79. The van der Waals surface area contributed by atoms with Crippen molar-refractivity contribution in [1.29, 1.82) is 0 Å². The lowest BCUT2D eigenvalue weighted by Crippen LogP contribution is -2.25. The molecule has 7 nitrogen and oxygen atoms in total. The molecular formula is C16H25ClN6O. The summed E-state index contributed by atoms with van der Waals surface area (Å²) in [6.07, 6.45) is 5.21. The molecule has 5 N–H and O–H groups in total. The topological polar surface area (TPSA) is 120 Å². The molecule has 2 heterocycles. The molecule has 1 amide bonds. The summed E-state index contributed by atoms with van der Waals surface area (Å²) < 4.78 is 0. The van der Waals surface area contributed by atoms with E-state index in [2.05, 4.69) is 34.1 Å². The van der Waals surface area contributed by atoms with E-state index in [1.807, 2.05) is 0 Å². The van der Waals surface area contributed by atoms with Gasteiger partial charge >= 0.3 is 0 Å². The first kappa shape index (κ1) is 19.9. The number of fused-ring (bicyclic) bond motifs is 1. The smallest absolute Gasteiger partial charge is 0.222 e. The molecule has 0 aliphatic heterocycles. The number of carbonyl (C=O) groups is 1. The highest BCUT2D eigenvalue weighted by atomic mass is 35.5. The van der Waals surface area contributed by atoms with Crippen molar-refractivity contribution in [3.63, 3.8) is 0 Å². The second-order valence-corrected chi connectivity index (χ2v) is 6.11. The zero-order chi connectivity index (χ0) is 18.1. The van der Waals surface area contributed by atoms with Gasteiger partial charge in [0.25, 0.3) is 0 Å². The summed E-state index contributed by atoms with van der Waals surface area (Å²) in [6.45, 7) is 6.75. The minimum absolute atomic E-state index is 0.0772. The Balaban J connectivity index is 0.000000245. The zero-order valence-electron chi connectivity index (χ0n) is 14.3. The summed E-state index contributed by atoms with van der Waals surface area (Å²) in [4.78, 5) is 22.2. The number of hydrogen-bond acceptors (Lipinski definition) is 6. The van der Waals surface area contributed by atoms with E-state index in [-0.39, 0.29) is 17.7 Å². The molecule has 0 radical (unpaired) electrons. The maximum atomic E-state index is 10.5. The second-order valence-electron chi connectivity index (χ2n) is 5.67. The van der Waals surface area contributed by atoms with Crippen LogP contribution in [0.25, 0.3) is 11.0 Å². The van der Waals surface area contributed by atoms with Crippen LogP contribution in [0.4, 0.5) is 11.8 Å². The summed E-state index contributed by atoms with van der Waals surface area (Å²) in [6, 6.07) is 1.64. The van der Waals surface area contributed by atoms with Crippen molar-refractivity contribution in [2.75, 3.05) is 18.0 Å². The lowest BCUT2D eigenvalue weighted by Gasteiger charge is -2.10. The highest BCUT2D eigenvalue weighted by Crippen LogP contribution is 2.19. The molecule has 24 heavy (non-hydrogen) atoms. The van der Waals surface area contributed by atoms with Crippen molar-refractivity contribution in [2.45, 2.75) is 40.0 Å². The third-order valence-electron chi connectivity index (χ3n) is 3.30. The number of nitrogens with one attached hydrogen (secondary N) is 1. The maximum absolute atomic E-state index is 10.5. The molecule has 1 unspecified atom stereocenters. The van der Waals surface area contributed by atoms with E-state index in [4.69, 9.17) is 23.1 Å². The molecule has 0 aliphatic carbocycles. The SMILES string of the molecule is CCCCC(C)CNC(C)=O.Nc1nc(N)c2ncc(Cl)cc2n1. The summed E-state index contributed by atoms with van der Waals surface area (Å²) in [5.41, 5.74) is 12.0. The van der Waals surface area contributed by atoms with E-state index in [0.717, 1.165) is 6.54 Å². The van der Waals surface area contributed by atoms with Crippen molar-refractivity contribution in [2.24, 2.45) is 5.92 Å². The fourth-order valence-corrected chi connectivity index (χ4v) is 2.16. The molecule has 2 aromatic rings. The average Bonchev–Trinajstić information content (AvgIpc) is 2.50. The van der Waals surface area contributed by atoms with Gasteiger partial charge in [-0.15, -0.1) is 0 Å². The first-order chi connectivity index (χ1) is 11.3. The van der Waals surface area contributed by atoms with Gasteiger partial charge in [-0.25, -0.2) is 9.97 Å². The Hall–Kier alpha value is -2.15. The number of rotatable bonds is 5. The molecule has 2 rings (SSSR count). The van der Waals surface area contributed by atoms with Crippen LogP contribution in [0.3, 0.4) is 0 Å². The molecule has 8 heteroatoms. The van der Waals surface area contributed by atoms with Crippen LogP contribution in [-0.2, 0) is 4.79 Å². The van der Waals surface area contributed by atoms with Gasteiger partial charge in [0, 0.05) is 19.7 Å². The number of anilines is 2. The number of nitrogens with two attached hydrogens (primary N) is 2. The van der Waals surface area contributed by atoms with E-state index < -0.39 is 0 Å². The molecule has 132 valence electrons. The molecule has 0 saturated carbocycles. The number of carbonyl (C=O) groups excluding carboxylic acids is 1. The molecule has 0 aliphatic rings. The lowest BCUT2D eigenvalue weighted by atomic mass is 10.0. The fraction of sp³-hybridized carbons (Fsp3) is 0.500. The van der Waals surface area contributed by atoms with Crippen LogP contribution in [0.2, 0.25) is 5.02 Å². The predicted molar refractivity (Wildman–Crippen MR) is 98.5 cm³/mol. The van der Waals surface area contributed by atoms with Crippen molar-refractivity contribution < 1.29 is 4.79 Å². The summed E-state index contributed by atoms with van der Waals surface area (Å²) in [5, 5.41) is 3.31. The third-order valence-corrected chi connectivity index (χ3v) is 3.50. The number of hydrogen-bond donors (Lipinski definition) is 3. The van der Waals surface area contributed by atoms with Crippen LogP contribution >= 0.6 is 11.6 Å². The highest BCUT2D eigenvalue weighted by molar-refractivity contribution is 6.31. The first-order valence-electron chi connectivity index (χ1n) is 7.92. The molecule has 0 aromatic carbocycles. The maximum Gasteiger partial charge on any atom is 0.222 e. The van der Waals surface area contributed by atoms with Crippen LogP contribution in [0.1, 0.15) is 40.0 Å². The van der Waals surface area contributed by atoms with Gasteiger partial charge in [0.15, 0.2) is 5.82 Å². The Labute approximate surface area is 147 Å². The Morgan fingerprint density at radius 1 is 1.38 bits per heavy atom. The van der Waals surface area contributed by atoms with Gasteiger partial charge < -0.3 is 16.8 Å². The fourth-order valence-electron chi connectivity index (χ4n) is 2.01. The molecular weight excluding hydrogens is 328 g/mol. The van der Waals surface area contributed by atoms with Gasteiger partial charge in [0.2, 0.25) is 11.9 Å². The van der Waals surface area contributed by atoms with Gasteiger partial charge in [-0.1, -0.05) is 38.3 Å². The molecule has 0 spiro atoms. The Bertz CT molecular complexity index is 674. The largest absolute Gasteiger partial charge is 0.382 e. The van der Waals surface area contributed by atoms with E-state index in [9.17, 15) is 4.79 Å². The average molecular weight is 353 g/mol. The lowest BCUT2D eigenvalue weighted by molar-refractivity contribution is -0.119. The number of pyridine rings is 1. The van der Waals surface area contributed by atoms with Gasteiger partial charge in [0.05, 0.1) is 10.5 Å². The van der Waals surface area contributed by atoms with Crippen LogP contribution in [0, 0.1) is 5.92 Å². The van der Waals surface area contributed by atoms with E-state index in [0.29, 0.717) is 22.0 Å². The summed E-state index contributed by atoms with van der Waals surface area (Å²) >= 11 is 5.72. The Morgan fingerprint density at radius 2 is 2.08 bits per heavy atom. The van der Waals surface area contributed by atoms with Crippen LogP contribution in [0.5, 0.6) is 0 Å². The second kappa shape index (κ2) is 9.87. The first-order valence-corrected chi connectivity index (χ1v) is 8.30. The summed E-state index contributed by atoms with van der Waals surface area (Å²) in [7, 11) is 0. The van der Waals surface area contributed by atoms with E-state index >= 15 is 0 Å². The summed E-state index contributed by atoms with van der Waals surface area (Å²) in [5.74, 6) is 1.08. The number of amides is 1. The van der Waals surface area contributed by atoms with Crippen LogP contribution < -0.4 is 16.8 Å². The van der Waals surface area contributed by atoms with Gasteiger partial charge in [-0.3, -0.25) is 4.79 Å². The molecule has 2 aromatic heterocycles. The highest BCUT2D eigenvalue weighted by Gasteiger charge is 2.04. The van der Waals surface area contributed by atoms with E-state index in [1.165, 1.54) is 25.5 Å². The van der Waals surface area contributed by atoms with Crippen molar-refractivity contribution in [3.8, 4) is 0 Å². The van der Waals surface area contributed by atoms with Crippen molar-refractivity contribution in [1.82, 2.24) is 20.3 Å². The number of halogens is 1. The van der Waals surface area contributed by atoms with E-state index in [1.54, 1.807) is 13.0 Å². The molecule has 0 saturated heterocycles. The minimum Gasteiger partial charge on any atom is -0.382 e. The zero-order valence-corrected chi connectivity index (χ0v) is 15.1. The normalized spacial score (nSPS) is 11.5. The van der Waals surface area contributed by atoms with Gasteiger partial charge in [-0.05, 0) is 18.4 Å². The van der Waals surface area contributed by atoms with Gasteiger partial charge in [0.1, 0.15) is 5.52 Å². The third kappa shape index (κ3) is 6.95. The Morgan fingerprint density at radius 3 is 2.71 bits per heavy atom. The Kier molecular flexibility index (Phi) is 8.18. The van der Waals surface area contributed by atoms with Crippen molar-refractivity contribution >= 4 is 40.3 Å². The van der Waals surface area contributed by atoms with Crippen LogP contribution in [0.15, 0.2) is 12.3 Å². The number of nitrogen functional groups attached to an aromatic ring is 2. The van der Waals surface area contributed by atoms with Crippen LogP contribution in [-0.4, -0.2) is 27.4 Å². The standard InChI is InChI=1S/C9H19NO.C7H6ClN5/c1-4-5-6-8(2)7-10-9(3)11;8-3-1-4-5(11-2-3)6(9)13-7(10)12-4/h8H,4-7H2,1-3H3,(H,10,11);1-2H,(H4,9,10,12,13). The number of aromatic nitrogens is 3. The molecule has 1 atom stereocenters. The monoisotopic (exact) mass is 352 g/mol.